The minimum atomic E-state index is -3.38. The van der Waals surface area contributed by atoms with Crippen molar-refractivity contribution in [3.05, 3.63) is 40.3 Å². The minimum absolute atomic E-state index is 0.00938. The van der Waals surface area contributed by atoms with Crippen LogP contribution in [0.2, 0.25) is 5.02 Å². The van der Waals surface area contributed by atoms with E-state index >= 15 is 0 Å². The highest BCUT2D eigenvalue weighted by molar-refractivity contribution is 7.92. The summed E-state index contributed by atoms with van der Waals surface area (Å²) in [4.78, 5) is 0. The number of benzene rings is 1. The van der Waals surface area contributed by atoms with Crippen LogP contribution >= 0.6 is 11.6 Å². The first kappa shape index (κ1) is 13.5. The maximum Gasteiger partial charge on any atom is 0.234 e. The topological polar surface area (TPSA) is 58.2 Å². The van der Waals surface area contributed by atoms with Gasteiger partial charge in [-0.2, -0.15) is 0 Å². The number of sulfonamides is 1. The Bertz CT molecular complexity index is 520. The average molecular weight is 287 g/mol. The molecule has 0 saturated carbocycles. The molecule has 98 valence electrons. The maximum absolute atomic E-state index is 11.8. The molecule has 6 heteroatoms. The van der Waals surface area contributed by atoms with E-state index in [1.54, 1.807) is 30.3 Å². The lowest BCUT2D eigenvalue weighted by Gasteiger charge is -2.08. The van der Waals surface area contributed by atoms with E-state index in [-0.39, 0.29) is 6.04 Å². The first-order valence-corrected chi connectivity index (χ1v) is 7.64. The van der Waals surface area contributed by atoms with E-state index in [1.165, 1.54) is 5.41 Å². The van der Waals surface area contributed by atoms with Crippen LogP contribution in [0.3, 0.4) is 0 Å². The second-order valence-corrected chi connectivity index (χ2v) is 6.24. The number of hydrogen-bond acceptors (Lipinski definition) is 3. The molecule has 18 heavy (non-hydrogen) atoms. The molecule has 2 rings (SSSR count). The maximum atomic E-state index is 11.8. The number of nitrogens with one attached hydrogen (secondary N) is 2. The lowest BCUT2D eigenvalue weighted by atomic mass is 10.2. The molecule has 0 spiro atoms. The van der Waals surface area contributed by atoms with E-state index in [9.17, 15) is 8.42 Å². The van der Waals surface area contributed by atoms with E-state index in [0.717, 1.165) is 18.5 Å². The van der Waals surface area contributed by atoms with Crippen molar-refractivity contribution in [2.75, 3.05) is 13.1 Å². The summed E-state index contributed by atoms with van der Waals surface area (Å²) in [6, 6.07) is 6.98. The zero-order valence-corrected chi connectivity index (χ0v) is 11.3. The van der Waals surface area contributed by atoms with Crippen molar-refractivity contribution in [1.82, 2.24) is 10.0 Å². The van der Waals surface area contributed by atoms with Gasteiger partial charge in [0.05, 0.1) is 0 Å². The van der Waals surface area contributed by atoms with Crippen molar-refractivity contribution in [3.8, 4) is 0 Å². The van der Waals surface area contributed by atoms with Crippen molar-refractivity contribution >= 4 is 27.7 Å². The average Bonchev–Trinajstić information content (AvgIpc) is 2.80. The van der Waals surface area contributed by atoms with Crippen LogP contribution in [0.4, 0.5) is 0 Å². The van der Waals surface area contributed by atoms with Gasteiger partial charge in [0.1, 0.15) is 0 Å². The molecule has 0 aliphatic carbocycles. The third-order valence-corrected chi connectivity index (χ3v) is 4.11. The smallest absolute Gasteiger partial charge is 0.234 e. The van der Waals surface area contributed by atoms with Gasteiger partial charge >= 0.3 is 0 Å². The minimum Gasteiger partial charge on any atom is -0.315 e. The molecule has 1 fully saturated rings. The van der Waals surface area contributed by atoms with Crippen molar-refractivity contribution in [2.24, 2.45) is 0 Å². The van der Waals surface area contributed by atoms with Crippen LogP contribution in [0.15, 0.2) is 29.7 Å². The van der Waals surface area contributed by atoms with Gasteiger partial charge in [-0.1, -0.05) is 23.7 Å². The van der Waals surface area contributed by atoms with Gasteiger partial charge in [0.2, 0.25) is 10.0 Å². The number of rotatable bonds is 4. The van der Waals surface area contributed by atoms with Gasteiger partial charge in [0.15, 0.2) is 0 Å². The summed E-state index contributed by atoms with van der Waals surface area (Å²) < 4.78 is 26.2. The largest absolute Gasteiger partial charge is 0.315 e. The molecule has 1 aromatic rings. The van der Waals surface area contributed by atoms with Gasteiger partial charge in [-0.05, 0) is 36.7 Å². The Morgan fingerprint density at radius 1 is 1.33 bits per heavy atom. The third-order valence-electron chi connectivity index (χ3n) is 2.70. The van der Waals surface area contributed by atoms with Crippen LogP contribution in [0.25, 0.3) is 6.08 Å². The van der Waals surface area contributed by atoms with Crippen molar-refractivity contribution < 1.29 is 8.42 Å². The van der Waals surface area contributed by atoms with E-state index in [4.69, 9.17) is 11.6 Å². The molecule has 1 atom stereocenters. The third kappa shape index (κ3) is 4.10. The Morgan fingerprint density at radius 3 is 2.67 bits per heavy atom. The summed E-state index contributed by atoms with van der Waals surface area (Å²) in [5.74, 6) is 0. The van der Waals surface area contributed by atoms with E-state index in [2.05, 4.69) is 10.0 Å². The van der Waals surface area contributed by atoms with Crippen LogP contribution in [0.5, 0.6) is 0 Å². The zero-order chi connectivity index (χ0) is 13.0. The molecule has 2 N–H and O–H groups in total. The van der Waals surface area contributed by atoms with Gasteiger partial charge in [-0.3, -0.25) is 0 Å². The molecule has 0 radical (unpaired) electrons. The Balaban J connectivity index is 2.00. The highest BCUT2D eigenvalue weighted by atomic mass is 35.5. The fraction of sp³-hybridized carbons (Fsp3) is 0.333. The molecule has 0 bridgehead atoms. The van der Waals surface area contributed by atoms with Crippen LogP contribution in [0, 0.1) is 0 Å². The Morgan fingerprint density at radius 2 is 2.06 bits per heavy atom. The van der Waals surface area contributed by atoms with Gasteiger partial charge in [0.25, 0.3) is 0 Å². The van der Waals surface area contributed by atoms with Gasteiger partial charge in [0, 0.05) is 23.0 Å². The summed E-state index contributed by atoms with van der Waals surface area (Å²) in [6.07, 6.45) is 2.38. The molecular formula is C12H15ClN2O2S. The zero-order valence-electron chi connectivity index (χ0n) is 9.77. The monoisotopic (exact) mass is 286 g/mol. The molecule has 1 aromatic carbocycles. The molecular weight excluding hydrogens is 272 g/mol. The van der Waals surface area contributed by atoms with E-state index < -0.39 is 10.0 Å². The highest BCUT2D eigenvalue weighted by Crippen LogP contribution is 2.11. The van der Waals surface area contributed by atoms with Crippen LogP contribution in [0.1, 0.15) is 12.0 Å². The SMILES string of the molecule is O=S(=O)(/C=C/c1ccc(Cl)cc1)N[C@H]1CCNC1. The first-order chi connectivity index (χ1) is 8.55. The van der Waals surface area contributed by atoms with Crippen molar-refractivity contribution in [1.29, 1.82) is 0 Å². The second kappa shape index (κ2) is 5.84. The molecule has 0 unspecified atom stereocenters. The number of halogens is 1. The molecule has 0 amide bonds. The van der Waals surface area contributed by atoms with Gasteiger partial charge in [-0.25, -0.2) is 13.1 Å². The number of hydrogen-bond donors (Lipinski definition) is 2. The van der Waals surface area contributed by atoms with Crippen molar-refractivity contribution in [3.63, 3.8) is 0 Å². The quantitative estimate of drug-likeness (QED) is 0.884. The standard InChI is InChI=1S/C12H15ClN2O2S/c13-11-3-1-10(2-4-11)6-8-18(16,17)15-12-5-7-14-9-12/h1-4,6,8,12,14-15H,5,7,9H2/b8-6+/t12-/m0/s1. The van der Waals surface area contributed by atoms with Crippen LogP contribution in [-0.2, 0) is 10.0 Å². The highest BCUT2D eigenvalue weighted by Gasteiger charge is 2.18. The van der Waals surface area contributed by atoms with Gasteiger partial charge in [-0.15, -0.1) is 0 Å². The van der Waals surface area contributed by atoms with Crippen LogP contribution in [-0.4, -0.2) is 27.5 Å². The summed E-state index contributed by atoms with van der Waals surface area (Å²) in [6.45, 7) is 1.54. The summed E-state index contributed by atoms with van der Waals surface area (Å²) in [7, 11) is -3.38. The normalized spacial score (nSPS) is 20.6. The van der Waals surface area contributed by atoms with E-state index in [1.807, 2.05) is 0 Å². The Labute approximate surface area is 112 Å². The van der Waals surface area contributed by atoms with Gasteiger partial charge < -0.3 is 5.32 Å². The lowest BCUT2D eigenvalue weighted by Crippen LogP contribution is -2.34. The molecule has 4 nitrogen and oxygen atoms in total. The molecule has 1 aliphatic heterocycles. The summed E-state index contributed by atoms with van der Waals surface area (Å²) >= 11 is 5.75. The fourth-order valence-corrected chi connectivity index (χ4v) is 2.98. The fourth-order valence-electron chi connectivity index (χ4n) is 1.77. The molecule has 1 heterocycles. The summed E-state index contributed by atoms with van der Waals surface area (Å²) in [5.41, 5.74) is 0.800. The Kier molecular flexibility index (Phi) is 4.40. The molecule has 0 aromatic heterocycles. The second-order valence-electron chi connectivity index (χ2n) is 4.21. The lowest BCUT2D eigenvalue weighted by molar-refractivity contribution is 0.569. The molecule has 1 aliphatic rings. The Hall–Kier alpha value is -0.880. The molecule has 1 saturated heterocycles. The summed E-state index contributed by atoms with van der Waals surface area (Å²) in [5, 5.41) is 4.93. The first-order valence-electron chi connectivity index (χ1n) is 5.72. The van der Waals surface area contributed by atoms with Crippen LogP contribution < -0.4 is 10.0 Å². The predicted octanol–water partition coefficient (Wildman–Crippen LogP) is 1.59. The predicted molar refractivity (Wildman–Crippen MR) is 73.8 cm³/mol. The van der Waals surface area contributed by atoms with Crippen molar-refractivity contribution in [2.45, 2.75) is 12.5 Å². The van der Waals surface area contributed by atoms with E-state index in [0.29, 0.717) is 11.6 Å².